The predicted octanol–water partition coefficient (Wildman–Crippen LogP) is 2.48. The van der Waals surface area contributed by atoms with E-state index in [2.05, 4.69) is 64.1 Å². The van der Waals surface area contributed by atoms with Gasteiger partial charge in [0.25, 0.3) is 0 Å². The van der Waals surface area contributed by atoms with Crippen molar-refractivity contribution in [2.24, 2.45) is 0 Å². The van der Waals surface area contributed by atoms with Crippen molar-refractivity contribution < 1.29 is 0 Å². The first-order chi connectivity index (χ1) is 7.29. The molecule has 2 rings (SSSR count). The summed E-state index contributed by atoms with van der Waals surface area (Å²) >= 11 is 2.35. The van der Waals surface area contributed by atoms with Gasteiger partial charge >= 0.3 is 0 Å². The molecule has 0 bridgehead atoms. The molecule has 1 N–H and O–H groups in total. The Morgan fingerprint density at radius 2 is 2.07 bits per heavy atom. The van der Waals surface area contributed by atoms with Crippen molar-refractivity contribution in [3.63, 3.8) is 0 Å². The lowest BCUT2D eigenvalue weighted by Crippen LogP contribution is -2.44. The van der Waals surface area contributed by atoms with Gasteiger partial charge in [-0.15, -0.1) is 0 Å². The Balaban J connectivity index is 2.06. The molecule has 15 heavy (non-hydrogen) atoms. The molecule has 0 aromatic heterocycles. The van der Waals surface area contributed by atoms with Crippen LogP contribution in [0, 0.1) is 3.57 Å². The topological polar surface area (TPSA) is 15.3 Å². The summed E-state index contributed by atoms with van der Waals surface area (Å²) in [7, 11) is 2.06. The van der Waals surface area contributed by atoms with Crippen LogP contribution in [-0.2, 0) is 0 Å². The van der Waals surface area contributed by atoms with E-state index in [9.17, 15) is 0 Å². The van der Waals surface area contributed by atoms with E-state index in [1.165, 1.54) is 28.6 Å². The van der Waals surface area contributed by atoms with Crippen LogP contribution in [0.25, 0.3) is 0 Å². The average molecular weight is 316 g/mol. The summed E-state index contributed by atoms with van der Waals surface area (Å²) in [4.78, 5) is 2.47. The number of likely N-dealkylation sites (N-methyl/N-ethyl adjacent to an activating group) is 1. The van der Waals surface area contributed by atoms with Crippen molar-refractivity contribution >= 4 is 28.3 Å². The van der Waals surface area contributed by atoms with Crippen molar-refractivity contribution in [3.05, 3.63) is 27.8 Å². The van der Waals surface area contributed by atoms with Crippen LogP contribution in [0.3, 0.4) is 0 Å². The lowest BCUT2D eigenvalue weighted by atomic mass is 10.1. The second-order valence-corrected chi connectivity index (χ2v) is 5.30. The van der Waals surface area contributed by atoms with Gasteiger partial charge in [-0.1, -0.05) is 0 Å². The highest BCUT2D eigenvalue weighted by Crippen LogP contribution is 2.20. The van der Waals surface area contributed by atoms with E-state index in [0.29, 0.717) is 6.04 Å². The molecule has 1 heterocycles. The first-order valence-electron chi connectivity index (χ1n) is 5.47. The summed E-state index contributed by atoms with van der Waals surface area (Å²) in [6, 6.07) is 9.45. The maximum absolute atomic E-state index is 3.37. The Labute approximate surface area is 105 Å². The minimum Gasteiger partial charge on any atom is -0.370 e. The fraction of sp³-hybridized carbons (Fsp3) is 0.500. The third-order valence-corrected chi connectivity index (χ3v) is 3.74. The van der Waals surface area contributed by atoms with Crippen LogP contribution in [-0.4, -0.2) is 26.2 Å². The van der Waals surface area contributed by atoms with Crippen LogP contribution in [0.4, 0.5) is 5.69 Å². The van der Waals surface area contributed by atoms with E-state index in [1.54, 1.807) is 0 Å². The molecule has 0 amide bonds. The summed E-state index contributed by atoms with van der Waals surface area (Å²) in [5.74, 6) is 0. The molecule has 1 aromatic rings. The van der Waals surface area contributed by atoms with Crippen LogP contribution in [0.5, 0.6) is 0 Å². The molecular weight excluding hydrogens is 299 g/mol. The minimum absolute atomic E-state index is 0.651. The summed E-state index contributed by atoms with van der Waals surface area (Å²) < 4.78 is 1.30. The fourth-order valence-corrected chi connectivity index (χ4v) is 2.46. The summed E-state index contributed by atoms with van der Waals surface area (Å²) in [5, 5.41) is 3.37. The number of hydrogen-bond acceptors (Lipinski definition) is 2. The summed E-state index contributed by atoms with van der Waals surface area (Å²) in [5.41, 5.74) is 1.36. The van der Waals surface area contributed by atoms with Crippen molar-refractivity contribution in [1.82, 2.24) is 5.32 Å². The standard InChI is InChI=1S/C12H17IN2/c1-14-11-3-2-8-15(9-11)12-6-4-10(13)5-7-12/h4-7,11,14H,2-3,8-9H2,1H3. The molecule has 1 saturated heterocycles. The van der Waals surface area contributed by atoms with Gasteiger partial charge < -0.3 is 10.2 Å². The molecular formula is C12H17IN2. The number of hydrogen-bond donors (Lipinski definition) is 1. The van der Waals surface area contributed by atoms with Crippen LogP contribution >= 0.6 is 22.6 Å². The molecule has 3 heteroatoms. The summed E-state index contributed by atoms with van der Waals surface area (Å²) in [6.07, 6.45) is 2.59. The van der Waals surface area contributed by atoms with Crippen LogP contribution in [0.15, 0.2) is 24.3 Å². The van der Waals surface area contributed by atoms with Crippen molar-refractivity contribution in [2.75, 3.05) is 25.0 Å². The largest absolute Gasteiger partial charge is 0.370 e. The highest BCUT2D eigenvalue weighted by atomic mass is 127. The second-order valence-electron chi connectivity index (χ2n) is 4.05. The lowest BCUT2D eigenvalue weighted by molar-refractivity contribution is 0.449. The molecule has 1 aliphatic heterocycles. The van der Waals surface area contributed by atoms with Crippen LogP contribution in [0.2, 0.25) is 0 Å². The van der Waals surface area contributed by atoms with Gasteiger partial charge in [-0.3, -0.25) is 0 Å². The van der Waals surface area contributed by atoms with Gasteiger partial charge in [0.15, 0.2) is 0 Å². The van der Waals surface area contributed by atoms with E-state index < -0.39 is 0 Å². The molecule has 2 nitrogen and oxygen atoms in total. The minimum atomic E-state index is 0.651. The van der Waals surface area contributed by atoms with Gasteiger partial charge in [0.05, 0.1) is 0 Å². The highest BCUT2D eigenvalue weighted by molar-refractivity contribution is 14.1. The number of halogens is 1. The molecule has 1 aliphatic rings. The number of nitrogens with zero attached hydrogens (tertiary/aromatic N) is 1. The molecule has 0 aliphatic carbocycles. The van der Waals surface area contributed by atoms with Gasteiger partial charge in [0, 0.05) is 28.4 Å². The Morgan fingerprint density at radius 3 is 2.73 bits per heavy atom. The molecule has 1 unspecified atom stereocenters. The van der Waals surface area contributed by atoms with Crippen LogP contribution < -0.4 is 10.2 Å². The Bertz CT molecular complexity index is 310. The number of rotatable bonds is 2. The second kappa shape index (κ2) is 5.16. The third-order valence-electron chi connectivity index (χ3n) is 3.02. The number of benzene rings is 1. The third kappa shape index (κ3) is 2.84. The average Bonchev–Trinajstić information content (AvgIpc) is 2.30. The SMILES string of the molecule is CNC1CCCN(c2ccc(I)cc2)C1. The zero-order valence-electron chi connectivity index (χ0n) is 9.04. The Hall–Kier alpha value is -0.290. The van der Waals surface area contributed by atoms with E-state index in [-0.39, 0.29) is 0 Å². The van der Waals surface area contributed by atoms with E-state index in [0.717, 1.165) is 6.54 Å². The molecule has 1 fully saturated rings. The predicted molar refractivity (Wildman–Crippen MR) is 73.5 cm³/mol. The Morgan fingerprint density at radius 1 is 1.33 bits per heavy atom. The number of nitrogens with one attached hydrogen (secondary N) is 1. The first kappa shape index (κ1) is 11.2. The smallest absolute Gasteiger partial charge is 0.0367 e. The lowest BCUT2D eigenvalue weighted by Gasteiger charge is -2.34. The molecule has 1 atom stereocenters. The first-order valence-corrected chi connectivity index (χ1v) is 6.55. The van der Waals surface area contributed by atoms with Crippen molar-refractivity contribution in [1.29, 1.82) is 0 Å². The van der Waals surface area contributed by atoms with Gasteiger partial charge in [-0.2, -0.15) is 0 Å². The zero-order valence-corrected chi connectivity index (χ0v) is 11.2. The summed E-state index contributed by atoms with van der Waals surface area (Å²) in [6.45, 7) is 2.33. The van der Waals surface area contributed by atoms with Gasteiger partial charge in [-0.05, 0) is 66.7 Å². The fourth-order valence-electron chi connectivity index (χ4n) is 2.10. The monoisotopic (exact) mass is 316 g/mol. The molecule has 0 saturated carbocycles. The van der Waals surface area contributed by atoms with Crippen molar-refractivity contribution in [2.45, 2.75) is 18.9 Å². The number of anilines is 1. The van der Waals surface area contributed by atoms with Crippen molar-refractivity contribution in [3.8, 4) is 0 Å². The highest BCUT2D eigenvalue weighted by Gasteiger charge is 2.18. The molecule has 0 spiro atoms. The van der Waals surface area contributed by atoms with E-state index >= 15 is 0 Å². The quantitative estimate of drug-likeness (QED) is 0.844. The van der Waals surface area contributed by atoms with Gasteiger partial charge in [0.1, 0.15) is 0 Å². The zero-order chi connectivity index (χ0) is 10.7. The molecule has 1 aromatic carbocycles. The molecule has 82 valence electrons. The Kier molecular flexibility index (Phi) is 3.86. The maximum atomic E-state index is 3.37. The maximum Gasteiger partial charge on any atom is 0.0367 e. The van der Waals surface area contributed by atoms with E-state index in [1.807, 2.05) is 0 Å². The molecule has 0 radical (unpaired) electrons. The number of piperidine rings is 1. The normalized spacial score (nSPS) is 21.7. The van der Waals surface area contributed by atoms with Gasteiger partial charge in [-0.25, -0.2) is 0 Å². The van der Waals surface area contributed by atoms with Crippen LogP contribution in [0.1, 0.15) is 12.8 Å². The van der Waals surface area contributed by atoms with Gasteiger partial charge in [0.2, 0.25) is 0 Å². The van der Waals surface area contributed by atoms with E-state index in [4.69, 9.17) is 0 Å².